The minimum absolute atomic E-state index is 0.0263. The number of amides is 1. The molecule has 1 aliphatic rings. The molecule has 2 heterocycles. The van der Waals surface area contributed by atoms with Gasteiger partial charge in [-0.1, -0.05) is 20.3 Å². The Kier molecular flexibility index (Phi) is 6.15. The van der Waals surface area contributed by atoms with Crippen molar-refractivity contribution < 1.29 is 9.90 Å². The number of aliphatic hydroxyl groups is 1. The van der Waals surface area contributed by atoms with Crippen LogP contribution in [0.3, 0.4) is 0 Å². The SMILES string of the molecule is CC[C@@H](C)[C@H](CO)NC(=O)C1CCN(c2ccc(=O)[nH]n2)CC1. The first-order valence-corrected chi connectivity index (χ1v) is 8.27. The summed E-state index contributed by atoms with van der Waals surface area (Å²) in [5.41, 5.74) is -0.219. The van der Waals surface area contributed by atoms with E-state index in [2.05, 4.69) is 27.3 Å². The van der Waals surface area contributed by atoms with Gasteiger partial charge < -0.3 is 15.3 Å². The average Bonchev–Trinajstić information content (AvgIpc) is 2.59. The van der Waals surface area contributed by atoms with Crippen molar-refractivity contribution in [2.45, 2.75) is 39.2 Å². The van der Waals surface area contributed by atoms with Gasteiger partial charge in [0.05, 0.1) is 12.6 Å². The summed E-state index contributed by atoms with van der Waals surface area (Å²) in [6.07, 6.45) is 2.40. The number of rotatable bonds is 6. The third-order valence-corrected chi connectivity index (χ3v) is 4.71. The van der Waals surface area contributed by atoms with Crippen LogP contribution in [0.5, 0.6) is 0 Å². The average molecular weight is 322 g/mol. The zero-order valence-electron chi connectivity index (χ0n) is 13.8. The van der Waals surface area contributed by atoms with E-state index in [0.29, 0.717) is 0 Å². The number of H-pyrrole nitrogens is 1. The predicted octanol–water partition coefficient (Wildman–Crippen LogP) is 0.509. The van der Waals surface area contributed by atoms with E-state index in [4.69, 9.17) is 0 Å². The number of aliphatic hydroxyl groups excluding tert-OH is 1. The molecule has 7 nitrogen and oxygen atoms in total. The van der Waals surface area contributed by atoms with Crippen LogP contribution >= 0.6 is 0 Å². The molecule has 1 fully saturated rings. The lowest BCUT2D eigenvalue weighted by molar-refractivity contribution is -0.127. The van der Waals surface area contributed by atoms with Gasteiger partial charge in [0.15, 0.2) is 0 Å². The number of aromatic amines is 1. The Bertz CT molecular complexity index is 546. The second-order valence-corrected chi connectivity index (χ2v) is 6.22. The molecule has 0 spiro atoms. The van der Waals surface area contributed by atoms with Gasteiger partial charge in [0.2, 0.25) is 5.91 Å². The van der Waals surface area contributed by atoms with E-state index in [-0.39, 0.29) is 36.0 Å². The zero-order valence-corrected chi connectivity index (χ0v) is 13.8. The molecule has 3 N–H and O–H groups in total. The van der Waals surface area contributed by atoms with E-state index in [9.17, 15) is 14.7 Å². The monoisotopic (exact) mass is 322 g/mol. The van der Waals surface area contributed by atoms with Gasteiger partial charge in [-0.15, -0.1) is 0 Å². The highest BCUT2D eigenvalue weighted by molar-refractivity contribution is 5.79. The van der Waals surface area contributed by atoms with Crippen molar-refractivity contribution in [3.05, 3.63) is 22.5 Å². The van der Waals surface area contributed by atoms with Crippen LogP contribution in [0.25, 0.3) is 0 Å². The first kappa shape index (κ1) is 17.5. The number of hydrogen-bond donors (Lipinski definition) is 3. The molecule has 1 saturated heterocycles. The maximum absolute atomic E-state index is 12.4. The molecule has 23 heavy (non-hydrogen) atoms. The summed E-state index contributed by atoms with van der Waals surface area (Å²) >= 11 is 0. The Labute approximate surface area is 136 Å². The third-order valence-electron chi connectivity index (χ3n) is 4.71. The summed E-state index contributed by atoms with van der Waals surface area (Å²) in [6.45, 7) is 5.51. The van der Waals surface area contributed by atoms with Crippen molar-refractivity contribution >= 4 is 11.7 Å². The molecule has 2 rings (SSSR count). The van der Waals surface area contributed by atoms with Gasteiger partial charge in [-0.3, -0.25) is 9.59 Å². The Morgan fingerprint density at radius 2 is 2.17 bits per heavy atom. The molecule has 1 amide bonds. The molecule has 2 atom stereocenters. The maximum atomic E-state index is 12.4. The summed E-state index contributed by atoms with van der Waals surface area (Å²) < 4.78 is 0. The van der Waals surface area contributed by atoms with Crippen LogP contribution in [0.15, 0.2) is 16.9 Å². The van der Waals surface area contributed by atoms with Crippen LogP contribution < -0.4 is 15.8 Å². The fourth-order valence-corrected chi connectivity index (χ4v) is 2.84. The van der Waals surface area contributed by atoms with E-state index in [1.54, 1.807) is 6.07 Å². The van der Waals surface area contributed by atoms with Crippen molar-refractivity contribution in [2.24, 2.45) is 11.8 Å². The van der Waals surface area contributed by atoms with Gasteiger partial charge in [-0.2, -0.15) is 5.10 Å². The van der Waals surface area contributed by atoms with Gasteiger partial charge in [0.25, 0.3) is 5.56 Å². The van der Waals surface area contributed by atoms with Gasteiger partial charge in [0.1, 0.15) is 5.82 Å². The lowest BCUT2D eigenvalue weighted by Gasteiger charge is -2.33. The second kappa shape index (κ2) is 8.10. The number of carbonyl (C=O) groups excluding carboxylic acids is 1. The topological polar surface area (TPSA) is 98.3 Å². The molecule has 7 heteroatoms. The Morgan fingerprint density at radius 3 is 2.70 bits per heavy atom. The number of nitrogens with one attached hydrogen (secondary N) is 2. The molecular formula is C16H26N4O3. The van der Waals surface area contributed by atoms with E-state index < -0.39 is 0 Å². The van der Waals surface area contributed by atoms with Crippen LogP contribution in [0.2, 0.25) is 0 Å². The minimum Gasteiger partial charge on any atom is -0.394 e. The largest absolute Gasteiger partial charge is 0.394 e. The number of aromatic nitrogens is 2. The summed E-state index contributed by atoms with van der Waals surface area (Å²) in [5, 5.41) is 18.9. The van der Waals surface area contributed by atoms with Crippen molar-refractivity contribution in [1.82, 2.24) is 15.5 Å². The van der Waals surface area contributed by atoms with Crippen LogP contribution in [-0.4, -0.2) is 46.9 Å². The number of nitrogens with zero attached hydrogens (tertiary/aromatic N) is 2. The molecule has 1 aliphatic heterocycles. The highest BCUT2D eigenvalue weighted by atomic mass is 16.3. The van der Waals surface area contributed by atoms with Crippen LogP contribution in [-0.2, 0) is 4.79 Å². The Hall–Kier alpha value is -1.89. The van der Waals surface area contributed by atoms with Crippen LogP contribution in [0, 0.1) is 11.8 Å². The lowest BCUT2D eigenvalue weighted by atomic mass is 9.94. The van der Waals surface area contributed by atoms with Gasteiger partial charge >= 0.3 is 0 Å². The Balaban J connectivity index is 1.87. The predicted molar refractivity (Wildman–Crippen MR) is 88.3 cm³/mol. The standard InChI is InChI=1S/C16H26N4O3/c1-3-11(2)13(10-21)17-16(23)12-6-8-20(9-7-12)14-4-5-15(22)19-18-14/h4-5,11-13,21H,3,6-10H2,1-2H3,(H,17,23)(H,19,22)/t11-,13+/m1/s1. The highest BCUT2D eigenvalue weighted by Crippen LogP contribution is 2.21. The molecule has 1 aromatic rings. The summed E-state index contributed by atoms with van der Waals surface area (Å²) in [7, 11) is 0. The Morgan fingerprint density at radius 1 is 1.48 bits per heavy atom. The third kappa shape index (κ3) is 4.54. The first-order valence-electron chi connectivity index (χ1n) is 8.27. The van der Waals surface area contributed by atoms with Crippen molar-refractivity contribution in [3.8, 4) is 0 Å². The molecule has 128 valence electrons. The van der Waals surface area contributed by atoms with Crippen molar-refractivity contribution in [3.63, 3.8) is 0 Å². The van der Waals surface area contributed by atoms with Gasteiger partial charge in [0, 0.05) is 25.1 Å². The van der Waals surface area contributed by atoms with Crippen LogP contribution in [0.4, 0.5) is 5.82 Å². The highest BCUT2D eigenvalue weighted by Gasteiger charge is 2.28. The minimum atomic E-state index is -0.219. The molecule has 0 aromatic carbocycles. The maximum Gasteiger partial charge on any atom is 0.264 e. The van der Waals surface area contributed by atoms with Crippen LogP contribution in [0.1, 0.15) is 33.1 Å². The summed E-state index contributed by atoms with van der Waals surface area (Å²) in [5.74, 6) is 0.983. The summed E-state index contributed by atoms with van der Waals surface area (Å²) in [6, 6.07) is 2.98. The lowest BCUT2D eigenvalue weighted by Crippen LogP contribution is -2.47. The number of carbonyl (C=O) groups is 1. The summed E-state index contributed by atoms with van der Waals surface area (Å²) in [4.78, 5) is 25.5. The van der Waals surface area contributed by atoms with Crippen molar-refractivity contribution in [1.29, 1.82) is 0 Å². The molecule has 1 aromatic heterocycles. The number of piperidine rings is 1. The van der Waals surface area contributed by atoms with Gasteiger partial charge in [-0.05, 0) is 24.8 Å². The van der Waals surface area contributed by atoms with E-state index in [1.165, 1.54) is 6.07 Å². The van der Waals surface area contributed by atoms with Crippen molar-refractivity contribution in [2.75, 3.05) is 24.6 Å². The molecule has 0 radical (unpaired) electrons. The smallest absolute Gasteiger partial charge is 0.264 e. The fourth-order valence-electron chi connectivity index (χ4n) is 2.84. The molecule has 0 saturated carbocycles. The normalized spacial score (nSPS) is 18.5. The molecule has 0 bridgehead atoms. The first-order chi connectivity index (χ1) is 11.0. The molecule has 0 unspecified atom stereocenters. The number of anilines is 1. The molecular weight excluding hydrogens is 296 g/mol. The molecule has 0 aliphatic carbocycles. The van der Waals surface area contributed by atoms with E-state index >= 15 is 0 Å². The quantitative estimate of drug-likeness (QED) is 0.709. The zero-order chi connectivity index (χ0) is 16.8. The van der Waals surface area contributed by atoms with Gasteiger partial charge in [-0.25, -0.2) is 5.10 Å². The van der Waals surface area contributed by atoms with E-state index in [0.717, 1.165) is 38.2 Å². The second-order valence-electron chi connectivity index (χ2n) is 6.22. The van der Waals surface area contributed by atoms with E-state index in [1.807, 2.05) is 6.92 Å². The number of hydrogen-bond acceptors (Lipinski definition) is 5. The fraction of sp³-hybridized carbons (Fsp3) is 0.688.